The molecule has 0 amide bonds. The summed E-state index contributed by atoms with van der Waals surface area (Å²) in [6.45, 7) is 4.89. The van der Waals surface area contributed by atoms with Gasteiger partial charge in [-0.25, -0.2) is 9.38 Å². The zero-order valence-corrected chi connectivity index (χ0v) is 18.5. The van der Waals surface area contributed by atoms with E-state index in [0.29, 0.717) is 24.6 Å². The molecule has 0 aromatic heterocycles. The Morgan fingerprint density at radius 1 is 1.19 bits per heavy atom. The van der Waals surface area contributed by atoms with Crippen LogP contribution in [0.1, 0.15) is 25.0 Å². The second kappa shape index (κ2) is 11.1. The molecule has 0 aliphatic rings. The first-order valence-electron chi connectivity index (χ1n) is 8.59. The van der Waals surface area contributed by atoms with Crippen LogP contribution in [0, 0.1) is 5.82 Å². The lowest BCUT2D eigenvalue weighted by Gasteiger charge is -2.12. The maximum absolute atomic E-state index is 13.8. The minimum Gasteiger partial charge on any atom is -0.491 e. The third-order valence-corrected chi connectivity index (χ3v) is 3.53. The molecule has 5 nitrogen and oxygen atoms in total. The average Bonchev–Trinajstić information content (AvgIpc) is 2.56. The number of anilines is 1. The summed E-state index contributed by atoms with van der Waals surface area (Å²) in [6, 6.07) is 12.5. The first-order chi connectivity index (χ1) is 12.3. The Labute approximate surface area is 177 Å². The molecule has 148 valence electrons. The summed E-state index contributed by atoms with van der Waals surface area (Å²) in [5, 5.41) is 3.04. The summed E-state index contributed by atoms with van der Waals surface area (Å²) in [4.78, 5) is 6.25. The van der Waals surface area contributed by atoms with Gasteiger partial charge < -0.3 is 20.7 Å². The molecule has 2 rings (SSSR count). The highest BCUT2D eigenvalue weighted by molar-refractivity contribution is 14.0. The van der Waals surface area contributed by atoms with E-state index in [4.69, 9.17) is 10.5 Å². The maximum atomic E-state index is 13.8. The smallest absolute Gasteiger partial charge is 0.193 e. The van der Waals surface area contributed by atoms with Crippen LogP contribution in [0.4, 0.5) is 10.1 Å². The van der Waals surface area contributed by atoms with Crippen molar-refractivity contribution >= 4 is 35.6 Å². The zero-order chi connectivity index (χ0) is 19.1. The van der Waals surface area contributed by atoms with E-state index in [2.05, 4.69) is 10.3 Å². The third kappa shape index (κ3) is 8.13. The van der Waals surface area contributed by atoms with Gasteiger partial charge in [-0.15, -0.1) is 24.0 Å². The van der Waals surface area contributed by atoms with E-state index in [9.17, 15) is 4.39 Å². The fraction of sp³-hybridized carbons (Fsp3) is 0.350. The Kier molecular flexibility index (Phi) is 9.51. The molecular formula is C20H28FIN4O. The predicted octanol–water partition coefficient (Wildman–Crippen LogP) is 4.22. The summed E-state index contributed by atoms with van der Waals surface area (Å²) >= 11 is 0. The van der Waals surface area contributed by atoms with E-state index in [0.717, 1.165) is 17.0 Å². The van der Waals surface area contributed by atoms with Gasteiger partial charge in [-0.2, -0.15) is 0 Å². The largest absolute Gasteiger partial charge is 0.491 e. The molecule has 2 aromatic carbocycles. The van der Waals surface area contributed by atoms with Crippen LogP contribution in [-0.4, -0.2) is 31.1 Å². The van der Waals surface area contributed by atoms with Crippen molar-refractivity contribution in [3.8, 4) is 5.75 Å². The molecule has 0 aliphatic carbocycles. The van der Waals surface area contributed by atoms with Gasteiger partial charge in [-0.05, 0) is 69.9 Å². The van der Waals surface area contributed by atoms with Crippen LogP contribution in [0.2, 0.25) is 0 Å². The number of rotatable bonds is 7. The molecule has 0 unspecified atom stereocenters. The van der Waals surface area contributed by atoms with E-state index in [1.54, 1.807) is 6.07 Å². The Morgan fingerprint density at radius 2 is 1.85 bits per heavy atom. The minimum absolute atomic E-state index is 0. The first-order valence-corrected chi connectivity index (χ1v) is 8.59. The number of nitrogens with two attached hydrogens (primary N) is 1. The van der Waals surface area contributed by atoms with Gasteiger partial charge in [-0.1, -0.05) is 6.07 Å². The predicted molar refractivity (Wildman–Crippen MR) is 120 cm³/mol. The summed E-state index contributed by atoms with van der Waals surface area (Å²) in [7, 11) is 3.81. The second-order valence-electron chi connectivity index (χ2n) is 6.68. The molecule has 0 atom stereocenters. The Balaban J connectivity index is 0.00000364. The molecule has 0 saturated heterocycles. The number of nitrogens with one attached hydrogen (secondary N) is 1. The van der Waals surface area contributed by atoms with Gasteiger partial charge in [0.15, 0.2) is 5.96 Å². The number of benzene rings is 2. The molecule has 0 radical (unpaired) electrons. The summed E-state index contributed by atoms with van der Waals surface area (Å²) in [6.07, 6.45) is 0.133. The highest BCUT2D eigenvalue weighted by atomic mass is 127. The quantitative estimate of drug-likeness (QED) is 0.350. The fourth-order valence-electron chi connectivity index (χ4n) is 2.44. The molecule has 0 aliphatic heterocycles. The van der Waals surface area contributed by atoms with Crippen molar-refractivity contribution in [1.82, 2.24) is 4.90 Å². The standard InChI is InChI=1S/C20H27FN4O.HI/c1-14(2)26-18-8-6-17(7-9-18)24-20(22)23-12-15-5-10-19(21)16(11-15)13-25(3)4;/h5-11,14H,12-13H2,1-4H3,(H3,22,23,24);1H. The van der Waals surface area contributed by atoms with E-state index in [1.165, 1.54) is 6.07 Å². The van der Waals surface area contributed by atoms with Gasteiger partial charge in [-0.3, -0.25) is 0 Å². The monoisotopic (exact) mass is 486 g/mol. The zero-order valence-electron chi connectivity index (χ0n) is 16.2. The van der Waals surface area contributed by atoms with Crippen molar-refractivity contribution in [2.75, 3.05) is 19.4 Å². The molecule has 0 fully saturated rings. The number of aliphatic imine (C=N–C) groups is 1. The summed E-state index contributed by atoms with van der Waals surface area (Å²) < 4.78 is 19.4. The van der Waals surface area contributed by atoms with Gasteiger partial charge >= 0.3 is 0 Å². The maximum Gasteiger partial charge on any atom is 0.193 e. The molecule has 27 heavy (non-hydrogen) atoms. The summed E-state index contributed by atoms with van der Waals surface area (Å²) in [5.74, 6) is 0.906. The number of halogens is 2. The Bertz CT molecular complexity index is 748. The van der Waals surface area contributed by atoms with Crippen LogP contribution < -0.4 is 15.8 Å². The van der Waals surface area contributed by atoms with Crippen LogP contribution in [-0.2, 0) is 13.1 Å². The highest BCUT2D eigenvalue weighted by Gasteiger charge is 2.05. The van der Waals surface area contributed by atoms with Gasteiger partial charge in [0, 0.05) is 17.8 Å². The molecule has 0 saturated carbocycles. The Morgan fingerprint density at radius 3 is 2.44 bits per heavy atom. The van der Waals surface area contributed by atoms with E-state index in [-0.39, 0.29) is 35.9 Å². The van der Waals surface area contributed by atoms with E-state index >= 15 is 0 Å². The lowest BCUT2D eigenvalue weighted by molar-refractivity contribution is 0.242. The number of hydrogen-bond acceptors (Lipinski definition) is 3. The second-order valence-corrected chi connectivity index (χ2v) is 6.68. The molecule has 0 bridgehead atoms. The number of ether oxygens (including phenoxy) is 1. The van der Waals surface area contributed by atoms with Crippen LogP contribution in [0.3, 0.4) is 0 Å². The third-order valence-electron chi connectivity index (χ3n) is 3.53. The number of guanidine groups is 1. The van der Waals surface area contributed by atoms with E-state index in [1.807, 2.05) is 63.2 Å². The molecule has 0 heterocycles. The minimum atomic E-state index is -0.207. The van der Waals surface area contributed by atoms with Crippen LogP contribution in [0.5, 0.6) is 5.75 Å². The number of hydrogen-bond donors (Lipinski definition) is 2. The van der Waals surface area contributed by atoms with Crippen molar-refractivity contribution in [1.29, 1.82) is 0 Å². The summed E-state index contributed by atoms with van der Waals surface area (Å²) in [5.41, 5.74) is 8.33. The topological polar surface area (TPSA) is 62.9 Å². The van der Waals surface area contributed by atoms with Crippen molar-refractivity contribution in [3.63, 3.8) is 0 Å². The van der Waals surface area contributed by atoms with Crippen LogP contribution in [0.25, 0.3) is 0 Å². The van der Waals surface area contributed by atoms with Crippen molar-refractivity contribution < 1.29 is 9.13 Å². The lowest BCUT2D eigenvalue weighted by Crippen LogP contribution is -2.22. The SMILES string of the molecule is CC(C)Oc1ccc(NC(N)=NCc2ccc(F)c(CN(C)C)c2)cc1.I. The molecule has 0 spiro atoms. The molecule has 2 aromatic rings. The van der Waals surface area contributed by atoms with Gasteiger partial charge in [0.2, 0.25) is 0 Å². The van der Waals surface area contributed by atoms with Crippen molar-refractivity contribution in [2.24, 2.45) is 10.7 Å². The molecule has 3 N–H and O–H groups in total. The Hall–Kier alpha value is -1.87. The normalized spacial score (nSPS) is 11.4. The van der Waals surface area contributed by atoms with Crippen LogP contribution in [0.15, 0.2) is 47.5 Å². The average molecular weight is 486 g/mol. The van der Waals surface area contributed by atoms with Crippen LogP contribution >= 0.6 is 24.0 Å². The van der Waals surface area contributed by atoms with Gasteiger partial charge in [0.25, 0.3) is 0 Å². The van der Waals surface area contributed by atoms with Gasteiger partial charge in [0.05, 0.1) is 12.6 Å². The van der Waals surface area contributed by atoms with Crippen molar-refractivity contribution in [3.05, 3.63) is 59.4 Å². The molecule has 7 heteroatoms. The fourth-order valence-corrected chi connectivity index (χ4v) is 2.44. The molecular weight excluding hydrogens is 458 g/mol. The highest BCUT2D eigenvalue weighted by Crippen LogP contribution is 2.17. The van der Waals surface area contributed by atoms with E-state index < -0.39 is 0 Å². The lowest BCUT2D eigenvalue weighted by atomic mass is 10.1. The van der Waals surface area contributed by atoms with Crippen molar-refractivity contribution in [2.45, 2.75) is 33.0 Å². The number of nitrogens with zero attached hydrogens (tertiary/aromatic N) is 2. The van der Waals surface area contributed by atoms with Gasteiger partial charge in [0.1, 0.15) is 11.6 Å². The first kappa shape index (κ1) is 23.2.